The van der Waals surface area contributed by atoms with Crippen LogP contribution in [0.1, 0.15) is 142 Å². The molecule has 0 aliphatic carbocycles. The molecule has 0 spiro atoms. The van der Waals surface area contributed by atoms with Crippen molar-refractivity contribution in [2.45, 2.75) is 161 Å². The zero-order chi connectivity index (χ0) is 30.1. The molecule has 0 heterocycles. The molecule has 0 aliphatic rings. The number of unbranched alkanes of at least 4 members (excludes halogenated alkanes) is 15. The van der Waals surface area contributed by atoms with E-state index in [1.165, 1.54) is 96.3 Å². The van der Waals surface area contributed by atoms with E-state index in [1.54, 1.807) is 13.8 Å². The third kappa shape index (κ3) is 19.8. The molecule has 1 aromatic carbocycles. The second-order valence-corrected chi connectivity index (χ2v) is 12.3. The Labute approximate surface area is 251 Å². The molecule has 236 valence electrons. The molecule has 6 heteroatoms. The van der Waals surface area contributed by atoms with Crippen molar-refractivity contribution < 1.29 is 19.8 Å². The van der Waals surface area contributed by atoms with E-state index >= 15 is 0 Å². The number of aliphatic hydroxyl groups excluding tert-OH is 1. The molecule has 0 fully saturated rings. The first-order chi connectivity index (χ1) is 19.8. The molecule has 1 rings (SSSR count). The number of carboxylic acid groups (broad SMARTS) is 1. The van der Waals surface area contributed by atoms with Crippen molar-refractivity contribution in [1.29, 1.82) is 0 Å². The molecule has 41 heavy (non-hydrogen) atoms. The molecule has 1 aromatic rings. The minimum absolute atomic E-state index is 0.101. The van der Waals surface area contributed by atoms with Crippen LogP contribution in [-0.4, -0.2) is 46.8 Å². The van der Waals surface area contributed by atoms with E-state index in [0.29, 0.717) is 12.8 Å². The number of aliphatic hydroxyl groups is 1. The van der Waals surface area contributed by atoms with E-state index in [-0.39, 0.29) is 24.3 Å². The van der Waals surface area contributed by atoms with Crippen molar-refractivity contribution in [2.24, 2.45) is 5.92 Å². The standard InChI is InChI=1S/C35H62N2O4/c1-4-5-6-7-8-9-10-11-12-13-14-15-16-17-18-22-27-36-31(28-30-23-20-19-21-24-30)32(38)25-26-33(39)37-34(29(2)3)35(40)41/h19-21,23-24,29,31-32,34,36,38H,4-18,22,25-28H2,1-3H3,(H,37,39)(H,40,41)/t31?,32?,34-/m0/s1. The predicted molar refractivity (Wildman–Crippen MR) is 171 cm³/mol. The van der Waals surface area contributed by atoms with Crippen LogP contribution in [0.2, 0.25) is 0 Å². The molecule has 0 saturated heterocycles. The summed E-state index contributed by atoms with van der Waals surface area (Å²) in [5, 5.41) is 26.4. The van der Waals surface area contributed by atoms with Gasteiger partial charge in [0.2, 0.25) is 5.91 Å². The monoisotopic (exact) mass is 574 g/mol. The highest BCUT2D eigenvalue weighted by atomic mass is 16.4. The Morgan fingerprint density at radius 1 is 0.756 bits per heavy atom. The average Bonchev–Trinajstić information content (AvgIpc) is 2.95. The largest absolute Gasteiger partial charge is 0.480 e. The summed E-state index contributed by atoms with van der Waals surface area (Å²) in [5.41, 5.74) is 1.14. The van der Waals surface area contributed by atoms with E-state index in [1.807, 2.05) is 18.2 Å². The maximum atomic E-state index is 12.4. The van der Waals surface area contributed by atoms with Crippen LogP contribution < -0.4 is 10.6 Å². The number of amides is 1. The Kier molecular flexibility index (Phi) is 22.3. The highest BCUT2D eigenvalue weighted by Gasteiger charge is 2.25. The van der Waals surface area contributed by atoms with Gasteiger partial charge in [-0.05, 0) is 37.3 Å². The summed E-state index contributed by atoms with van der Waals surface area (Å²) in [5.74, 6) is -1.56. The number of hydrogen-bond donors (Lipinski definition) is 4. The topological polar surface area (TPSA) is 98.7 Å². The van der Waals surface area contributed by atoms with Gasteiger partial charge < -0.3 is 20.8 Å². The second-order valence-electron chi connectivity index (χ2n) is 12.3. The Morgan fingerprint density at radius 3 is 1.71 bits per heavy atom. The second kappa shape index (κ2) is 24.7. The first kappa shape index (κ1) is 37.1. The van der Waals surface area contributed by atoms with Crippen LogP contribution in [0.15, 0.2) is 30.3 Å². The first-order valence-corrected chi connectivity index (χ1v) is 16.8. The molecule has 0 aromatic heterocycles. The summed E-state index contributed by atoms with van der Waals surface area (Å²) in [4.78, 5) is 23.8. The highest BCUT2D eigenvalue weighted by molar-refractivity contribution is 5.83. The van der Waals surface area contributed by atoms with Crippen molar-refractivity contribution >= 4 is 11.9 Å². The Balaban J connectivity index is 2.23. The van der Waals surface area contributed by atoms with Gasteiger partial charge >= 0.3 is 5.97 Å². The van der Waals surface area contributed by atoms with Gasteiger partial charge in [-0.3, -0.25) is 4.79 Å². The lowest BCUT2D eigenvalue weighted by Gasteiger charge is -2.25. The molecule has 2 unspecified atom stereocenters. The molecule has 4 N–H and O–H groups in total. The zero-order valence-electron chi connectivity index (χ0n) is 26.5. The fourth-order valence-corrected chi connectivity index (χ4v) is 5.41. The van der Waals surface area contributed by atoms with E-state index < -0.39 is 18.1 Å². The van der Waals surface area contributed by atoms with Gasteiger partial charge in [0.25, 0.3) is 0 Å². The van der Waals surface area contributed by atoms with Gasteiger partial charge in [-0.2, -0.15) is 0 Å². The fraction of sp³-hybridized carbons (Fsp3) is 0.771. The number of carbonyl (C=O) groups is 2. The van der Waals surface area contributed by atoms with Gasteiger partial charge in [-0.25, -0.2) is 4.79 Å². The van der Waals surface area contributed by atoms with Crippen molar-refractivity contribution in [2.75, 3.05) is 6.54 Å². The van der Waals surface area contributed by atoms with Crippen LogP contribution in [0.25, 0.3) is 0 Å². The number of carbonyl (C=O) groups excluding carboxylic acids is 1. The van der Waals surface area contributed by atoms with Gasteiger partial charge in [0.15, 0.2) is 0 Å². The summed E-state index contributed by atoms with van der Waals surface area (Å²) in [7, 11) is 0. The van der Waals surface area contributed by atoms with E-state index in [9.17, 15) is 19.8 Å². The third-order valence-electron chi connectivity index (χ3n) is 8.12. The molecule has 3 atom stereocenters. The van der Waals surface area contributed by atoms with Gasteiger partial charge in [0, 0.05) is 12.5 Å². The number of benzene rings is 1. The average molecular weight is 575 g/mol. The van der Waals surface area contributed by atoms with Gasteiger partial charge in [-0.15, -0.1) is 0 Å². The maximum absolute atomic E-state index is 12.4. The van der Waals surface area contributed by atoms with Crippen molar-refractivity contribution in [3.05, 3.63) is 35.9 Å². The molecule has 0 aliphatic heterocycles. The van der Waals surface area contributed by atoms with Crippen LogP contribution >= 0.6 is 0 Å². The molecule has 1 amide bonds. The van der Waals surface area contributed by atoms with E-state index in [4.69, 9.17) is 0 Å². The van der Waals surface area contributed by atoms with Crippen LogP contribution in [0.5, 0.6) is 0 Å². The van der Waals surface area contributed by atoms with Gasteiger partial charge in [0.05, 0.1) is 6.10 Å². The lowest BCUT2D eigenvalue weighted by molar-refractivity contribution is -0.143. The van der Waals surface area contributed by atoms with Crippen molar-refractivity contribution in [1.82, 2.24) is 10.6 Å². The number of aliphatic carboxylic acids is 1. The Morgan fingerprint density at radius 2 is 1.24 bits per heavy atom. The molecule has 0 saturated carbocycles. The zero-order valence-corrected chi connectivity index (χ0v) is 26.5. The van der Waals surface area contributed by atoms with Gasteiger partial charge in [0.1, 0.15) is 6.04 Å². The SMILES string of the molecule is CCCCCCCCCCCCCCCCCCNC(Cc1ccccc1)C(O)CCC(=O)N[C@H](C(=O)O)C(C)C. The Bertz CT molecular complexity index is 771. The molecule has 6 nitrogen and oxygen atoms in total. The van der Waals surface area contributed by atoms with Crippen LogP contribution in [0, 0.1) is 5.92 Å². The smallest absolute Gasteiger partial charge is 0.326 e. The summed E-state index contributed by atoms with van der Waals surface area (Å²) in [6.07, 6.45) is 21.9. The van der Waals surface area contributed by atoms with Crippen LogP contribution in [-0.2, 0) is 16.0 Å². The number of hydrogen-bond acceptors (Lipinski definition) is 4. The predicted octanol–water partition coefficient (Wildman–Crippen LogP) is 7.82. The summed E-state index contributed by atoms with van der Waals surface area (Å²) in [6.45, 7) is 6.66. The summed E-state index contributed by atoms with van der Waals surface area (Å²) < 4.78 is 0. The number of nitrogens with one attached hydrogen (secondary N) is 2. The number of carboxylic acids is 1. The van der Waals surface area contributed by atoms with Crippen LogP contribution in [0.3, 0.4) is 0 Å². The van der Waals surface area contributed by atoms with E-state index in [0.717, 1.165) is 18.5 Å². The summed E-state index contributed by atoms with van der Waals surface area (Å²) in [6, 6.07) is 9.04. The molecular weight excluding hydrogens is 512 g/mol. The summed E-state index contributed by atoms with van der Waals surface area (Å²) >= 11 is 0. The van der Waals surface area contributed by atoms with E-state index in [2.05, 4.69) is 29.7 Å². The molecule has 0 bridgehead atoms. The fourth-order valence-electron chi connectivity index (χ4n) is 5.41. The number of rotatable bonds is 27. The minimum Gasteiger partial charge on any atom is -0.480 e. The lowest BCUT2D eigenvalue weighted by Crippen LogP contribution is -2.45. The normalized spacial score (nSPS) is 13.7. The molecule has 0 radical (unpaired) electrons. The third-order valence-corrected chi connectivity index (χ3v) is 8.12. The lowest BCUT2D eigenvalue weighted by atomic mass is 9.97. The maximum Gasteiger partial charge on any atom is 0.326 e. The van der Waals surface area contributed by atoms with Crippen LogP contribution in [0.4, 0.5) is 0 Å². The van der Waals surface area contributed by atoms with Crippen molar-refractivity contribution in [3.63, 3.8) is 0 Å². The minimum atomic E-state index is -1.03. The molecular formula is C35H62N2O4. The first-order valence-electron chi connectivity index (χ1n) is 16.8. The Hall–Kier alpha value is -1.92. The van der Waals surface area contributed by atoms with Gasteiger partial charge in [-0.1, -0.05) is 147 Å². The quantitative estimate of drug-likeness (QED) is 0.0803. The highest BCUT2D eigenvalue weighted by Crippen LogP contribution is 2.15. The van der Waals surface area contributed by atoms with Crippen molar-refractivity contribution in [3.8, 4) is 0 Å².